The first-order chi connectivity index (χ1) is 21.9. The maximum Gasteiger partial charge on any atom is 0.193 e. The predicted octanol–water partition coefficient (Wildman–Crippen LogP) is 4.44. The van der Waals surface area contributed by atoms with Crippen LogP contribution < -0.4 is 5.73 Å². The summed E-state index contributed by atoms with van der Waals surface area (Å²) < 4.78 is 13.3. The van der Waals surface area contributed by atoms with E-state index in [4.69, 9.17) is 15.2 Å². The highest BCUT2D eigenvalue weighted by Gasteiger charge is 2.75. The first kappa shape index (κ1) is 30.2. The van der Waals surface area contributed by atoms with Gasteiger partial charge in [-0.05, 0) is 86.1 Å². The second-order valence-corrected chi connectivity index (χ2v) is 15.2. The fraction of sp³-hybridized carbons (Fsp3) is 0.526. The topological polar surface area (TPSA) is 139 Å². The summed E-state index contributed by atoms with van der Waals surface area (Å²) in [6, 6.07) is 13.8. The molecule has 2 aromatic rings. The summed E-state index contributed by atoms with van der Waals surface area (Å²) in [5, 5.41) is 32.6. The average molecular weight is 626 g/mol. The van der Waals surface area contributed by atoms with Gasteiger partial charge in [-0.1, -0.05) is 61.9 Å². The quantitative estimate of drug-likeness (QED) is 0.346. The van der Waals surface area contributed by atoms with Crippen molar-refractivity contribution in [2.24, 2.45) is 28.6 Å². The molecule has 1 saturated heterocycles. The minimum atomic E-state index is -1.37. The Kier molecular flexibility index (Phi) is 6.68. The second kappa shape index (κ2) is 10.2. The summed E-state index contributed by atoms with van der Waals surface area (Å²) in [7, 11) is 0. The molecule has 1 heterocycles. The highest BCUT2D eigenvalue weighted by molar-refractivity contribution is 6.01. The number of allylic oxidation sites excluding steroid dienone is 4. The van der Waals surface area contributed by atoms with Crippen LogP contribution in [0.3, 0.4) is 0 Å². The Bertz CT molecular complexity index is 1680. The molecule has 9 atom stereocenters. The van der Waals surface area contributed by atoms with Crippen molar-refractivity contribution in [2.45, 2.75) is 88.5 Å². The lowest BCUT2D eigenvalue weighted by molar-refractivity contribution is -0.201. The number of ether oxygens (including phenoxy) is 2. The van der Waals surface area contributed by atoms with Crippen LogP contribution in [0.4, 0.5) is 5.69 Å². The van der Waals surface area contributed by atoms with Crippen LogP contribution in [0.5, 0.6) is 0 Å². The Hall–Kier alpha value is -3.14. The molecule has 8 rings (SSSR count). The highest BCUT2D eigenvalue weighted by atomic mass is 16.7. The molecule has 46 heavy (non-hydrogen) atoms. The number of aliphatic hydroxyl groups is 3. The summed E-state index contributed by atoms with van der Waals surface area (Å²) in [5.41, 5.74) is 8.40. The van der Waals surface area contributed by atoms with E-state index in [9.17, 15) is 24.9 Å². The number of nitrogen functional groups attached to an aromatic ring is 1. The minimum absolute atomic E-state index is 0.00223. The first-order valence-corrected chi connectivity index (χ1v) is 16.7. The lowest BCUT2D eigenvalue weighted by Crippen LogP contribution is -2.63. The van der Waals surface area contributed by atoms with Gasteiger partial charge in [-0.3, -0.25) is 9.59 Å². The zero-order valence-corrected chi connectivity index (χ0v) is 26.4. The highest BCUT2D eigenvalue weighted by Crippen LogP contribution is 2.70. The Morgan fingerprint density at radius 3 is 2.52 bits per heavy atom. The van der Waals surface area contributed by atoms with Gasteiger partial charge in [-0.15, -0.1) is 0 Å². The number of rotatable bonds is 6. The minimum Gasteiger partial charge on any atom is -0.398 e. The molecule has 4 saturated carbocycles. The normalized spacial score (nSPS) is 40.0. The van der Waals surface area contributed by atoms with Gasteiger partial charge in [0.15, 0.2) is 23.5 Å². The van der Waals surface area contributed by atoms with E-state index in [1.807, 2.05) is 55.5 Å². The van der Waals surface area contributed by atoms with Crippen LogP contribution in [0.2, 0.25) is 0 Å². The smallest absolute Gasteiger partial charge is 0.193 e. The summed E-state index contributed by atoms with van der Waals surface area (Å²) in [6.07, 6.45) is 8.02. The SMILES string of the molecule is C[C@]12C=CC(=O)C=C1CC[C@@H]1[C@@H]2[C@@H](O)C[C@@]2(C)[C@H]1C[C@H]1O[C@@H](c3ccc(Cc4ccc(C5(O)CC5)c(N)c4)cc3)O[C@]12C(=O)CO. The van der Waals surface area contributed by atoms with Crippen LogP contribution in [-0.4, -0.2) is 51.3 Å². The van der Waals surface area contributed by atoms with Crippen LogP contribution in [0.25, 0.3) is 0 Å². The van der Waals surface area contributed by atoms with Crippen molar-refractivity contribution < 1.29 is 34.4 Å². The molecule has 0 radical (unpaired) electrons. The number of aliphatic hydroxyl groups excluding tert-OH is 2. The fourth-order valence-electron chi connectivity index (χ4n) is 10.4. The van der Waals surface area contributed by atoms with E-state index in [0.717, 1.165) is 53.5 Å². The number of carbonyl (C=O) groups excluding carboxylic acids is 2. The first-order valence-electron chi connectivity index (χ1n) is 16.7. The van der Waals surface area contributed by atoms with Crippen LogP contribution >= 0.6 is 0 Å². The van der Waals surface area contributed by atoms with E-state index < -0.39 is 52.9 Å². The van der Waals surface area contributed by atoms with E-state index in [1.165, 1.54) is 0 Å². The summed E-state index contributed by atoms with van der Waals surface area (Å²) in [5.74, 6) is -0.313. The molecule has 8 nitrogen and oxygen atoms in total. The molecular formula is C38H43NO7. The van der Waals surface area contributed by atoms with E-state index in [-0.39, 0.29) is 23.5 Å². The molecule has 0 amide bonds. The maximum atomic E-state index is 13.8. The number of benzene rings is 2. The number of fused-ring (bicyclic) bond motifs is 7. The molecule has 2 aromatic carbocycles. The van der Waals surface area contributed by atoms with Gasteiger partial charge in [-0.2, -0.15) is 0 Å². The van der Waals surface area contributed by atoms with Crippen molar-refractivity contribution in [1.82, 2.24) is 0 Å². The molecule has 1 aliphatic heterocycles. The Balaban J connectivity index is 1.04. The third kappa shape index (κ3) is 4.16. The molecular weight excluding hydrogens is 582 g/mol. The van der Waals surface area contributed by atoms with Gasteiger partial charge in [0.05, 0.1) is 17.8 Å². The second-order valence-electron chi connectivity index (χ2n) is 15.2. The third-order valence-corrected chi connectivity index (χ3v) is 12.8. The lowest BCUT2D eigenvalue weighted by Gasteiger charge is -2.59. The van der Waals surface area contributed by atoms with Crippen LogP contribution in [0, 0.1) is 28.6 Å². The molecule has 0 unspecified atom stereocenters. The molecule has 8 heteroatoms. The number of ketones is 2. The van der Waals surface area contributed by atoms with Crippen molar-refractivity contribution in [3.8, 4) is 0 Å². The van der Waals surface area contributed by atoms with E-state index >= 15 is 0 Å². The van der Waals surface area contributed by atoms with Crippen LogP contribution in [0.15, 0.2) is 66.3 Å². The number of Topliss-reactive ketones (excluding diaryl/α,β-unsaturated/α-hetero) is 1. The van der Waals surface area contributed by atoms with E-state index in [2.05, 4.69) is 6.92 Å². The monoisotopic (exact) mass is 625 g/mol. The van der Waals surface area contributed by atoms with Gasteiger partial charge in [0.2, 0.25) is 0 Å². The number of hydrogen-bond donors (Lipinski definition) is 4. The van der Waals surface area contributed by atoms with Gasteiger partial charge in [0.1, 0.15) is 6.61 Å². The van der Waals surface area contributed by atoms with Gasteiger partial charge in [0, 0.05) is 33.6 Å². The number of anilines is 1. The Morgan fingerprint density at radius 1 is 1.09 bits per heavy atom. The molecule has 0 bridgehead atoms. The number of hydrogen-bond acceptors (Lipinski definition) is 8. The maximum absolute atomic E-state index is 13.8. The van der Waals surface area contributed by atoms with Crippen molar-refractivity contribution in [1.29, 1.82) is 0 Å². The number of carbonyl (C=O) groups is 2. The Morgan fingerprint density at radius 2 is 1.83 bits per heavy atom. The molecule has 242 valence electrons. The van der Waals surface area contributed by atoms with Crippen molar-refractivity contribution in [2.75, 3.05) is 12.3 Å². The zero-order chi connectivity index (χ0) is 32.2. The zero-order valence-electron chi connectivity index (χ0n) is 26.4. The predicted molar refractivity (Wildman–Crippen MR) is 170 cm³/mol. The molecule has 0 aromatic heterocycles. The Labute approximate surface area is 269 Å². The largest absolute Gasteiger partial charge is 0.398 e. The van der Waals surface area contributed by atoms with Crippen LogP contribution in [-0.2, 0) is 31.1 Å². The molecule has 5 aliphatic carbocycles. The van der Waals surface area contributed by atoms with Gasteiger partial charge < -0.3 is 30.5 Å². The molecule has 0 spiro atoms. The fourth-order valence-corrected chi connectivity index (χ4v) is 10.4. The van der Waals surface area contributed by atoms with Gasteiger partial charge >= 0.3 is 0 Å². The molecule has 5 fully saturated rings. The summed E-state index contributed by atoms with van der Waals surface area (Å²) in [6.45, 7) is 3.52. The average Bonchev–Trinajstić information content (AvgIpc) is 3.56. The van der Waals surface area contributed by atoms with Gasteiger partial charge in [0.25, 0.3) is 0 Å². The third-order valence-electron chi connectivity index (χ3n) is 12.8. The summed E-state index contributed by atoms with van der Waals surface area (Å²) >= 11 is 0. The van der Waals surface area contributed by atoms with Crippen molar-refractivity contribution >= 4 is 17.3 Å². The van der Waals surface area contributed by atoms with E-state index in [0.29, 0.717) is 24.9 Å². The van der Waals surface area contributed by atoms with Gasteiger partial charge in [-0.25, -0.2) is 0 Å². The number of nitrogens with two attached hydrogens (primary N) is 1. The van der Waals surface area contributed by atoms with Crippen LogP contribution in [0.1, 0.15) is 80.9 Å². The van der Waals surface area contributed by atoms with Crippen molar-refractivity contribution in [3.05, 3.63) is 88.5 Å². The lowest BCUT2D eigenvalue weighted by atomic mass is 9.46. The van der Waals surface area contributed by atoms with E-state index in [1.54, 1.807) is 12.2 Å². The van der Waals surface area contributed by atoms with Crippen molar-refractivity contribution in [3.63, 3.8) is 0 Å². The molecule has 6 aliphatic rings. The standard InChI is InChI=1S/C38H43NO7/c1-35-12-11-25(41)17-24(35)8-9-26-28-18-32-38(31(43)20-40,36(28,2)19-30(42)33(26)35)46-34(45-32)23-6-3-21(4-7-23)15-22-5-10-27(29(39)16-22)37(44)13-14-37/h3-7,10-12,16-17,26,28,30,32-34,40,42,44H,8-9,13-15,18-20,39H2,1-2H3/t26-,28-,30-,32+,33+,34+,35-,36-,38+/m0/s1. The molecule has 5 N–H and O–H groups in total. The summed E-state index contributed by atoms with van der Waals surface area (Å²) in [4.78, 5) is 26.0.